The van der Waals surface area contributed by atoms with Crippen molar-refractivity contribution < 1.29 is 10.1 Å². The lowest BCUT2D eigenvalue weighted by atomic mass is 9.96. The summed E-state index contributed by atoms with van der Waals surface area (Å²) in [5, 5.41) is 5.10. The van der Waals surface area contributed by atoms with Crippen LogP contribution in [-0.2, 0) is 11.3 Å². The van der Waals surface area contributed by atoms with Gasteiger partial charge >= 0.3 is 0 Å². The molecule has 116 valence electrons. The Bertz CT molecular complexity index is 567. The minimum atomic E-state index is 0.0745. The van der Waals surface area contributed by atoms with E-state index in [1.165, 1.54) is 5.56 Å². The highest BCUT2D eigenvalue weighted by atomic mass is 16.1. The van der Waals surface area contributed by atoms with Gasteiger partial charge in [-0.25, -0.2) is 0 Å². The molecule has 22 heavy (non-hydrogen) atoms. The van der Waals surface area contributed by atoms with E-state index in [9.17, 15) is 4.79 Å². The molecule has 0 unspecified atom stereocenters. The normalized spacial score (nSPS) is 12.1. The molecule has 2 aromatic carbocycles. The van der Waals surface area contributed by atoms with E-state index in [1.54, 1.807) is 0 Å². The topological polar surface area (TPSA) is 45.7 Å². The largest absolute Gasteiger partial charge is 0.347 e. The SMILES string of the molecule is CC(C)[C@H]([NH2+]CC(=O)NCc1ccccc1)c1ccccc1. The number of nitrogens with two attached hydrogens (primary N) is 1. The third-order valence-corrected chi connectivity index (χ3v) is 3.79. The first-order valence-electron chi connectivity index (χ1n) is 7.85. The highest BCUT2D eigenvalue weighted by Crippen LogP contribution is 2.16. The second kappa shape index (κ2) is 8.35. The minimum Gasteiger partial charge on any atom is -0.347 e. The second-order valence-corrected chi connectivity index (χ2v) is 5.88. The van der Waals surface area contributed by atoms with Crippen LogP contribution >= 0.6 is 0 Å². The first-order chi connectivity index (χ1) is 10.7. The van der Waals surface area contributed by atoms with Gasteiger partial charge in [-0.1, -0.05) is 74.5 Å². The summed E-state index contributed by atoms with van der Waals surface area (Å²) < 4.78 is 0. The molecule has 0 saturated carbocycles. The smallest absolute Gasteiger partial charge is 0.275 e. The van der Waals surface area contributed by atoms with Gasteiger partial charge < -0.3 is 10.6 Å². The summed E-state index contributed by atoms with van der Waals surface area (Å²) in [4.78, 5) is 12.0. The summed E-state index contributed by atoms with van der Waals surface area (Å²) in [6.45, 7) is 5.42. The van der Waals surface area contributed by atoms with Crippen LogP contribution in [0.3, 0.4) is 0 Å². The number of quaternary nitrogens is 1. The Kier molecular flexibility index (Phi) is 6.16. The van der Waals surface area contributed by atoms with E-state index in [2.05, 4.69) is 36.6 Å². The zero-order valence-electron chi connectivity index (χ0n) is 13.3. The molecule has 0 radical (unpaired) electrons. The molecule has 1 atom stereocenters. The molecule has 1 amide bonds. The molecule has 3 N–H and O–H groups in total. The molecule has 0 saturated heterocycles. The van der Waals surface area contributed by atoms with Crippen molar-refractivity contribution in [2.45, 2.75) is 26.4 Å². The summed E-state index contributed by atoms with van der Waals surface area (Å²) in [6, 6.07) is 20.7. The van der Waals surface area contributed by atoms with Gasteiger partial charge in [-0.2, -0.15) is 0 Å². The highest BCUT2D eigenvalue weighted by molar-refractivity contribution is 5.76. The Hall–Kier alpha value is -2.13. The van der Waals surface area contributed by atoms with Crippen molar-refractivity contribution in [3.05, 3.63) is 71.8 Å². The number of carbonyl (C=O) groups is 1. The lowest BCUT2D eigenvalue weighted by Crippen LogP contribution is -2.88. The van der Waals surface area contributed by atoms with Crippen LogP contribution in [0, 0.1) is 5.92 Å². The van der Waals surface area contributed by atoms with E-state index in [1.807, 2.05) is 48.5 Å². The first kappa shape index (κ1) is 16.2. The fraction of sp³-hybridized carbons (Fsp3) is 0.316. The molecule has 3 nitrogen and oxygen atoms in total. The minimum absolute atomic E-state index is 0.0745. The Morgan fingerprint density at radius 2 is 1.59 bits per heavy atom. The molecule has 0 aliphatic carbocycles. The second-order valence-electron chi connectivity index (χ2n) is 5.88. The number of hydrogen-bond donors (Lipinski definition) is 2. The van der Waals surface area contributed by atoms with Crippen molar-refractivity contribution in [1.82, 2.24) is 5.32 Å². The lowest BCUT2D eigenvalue weighted by molar-refractivity contribution is -0.692. The predicted molar refractivity (Wildman–Crippen MR) is 89.1 cm³/mol. The quantitative estimate of drug-likeness (QED) is 0.809. The summed E-state index contributed by atoms with van der Waals surface area (Å²) in [5.74, 6) is 0.551. The molecule has 0 fully saturated rings. The van der Waals surface area contributed by atoms with Crippen molar-refractivity contribution >= 4 is 5.91 Å². The number of rotatable bonds is 7. The van der Waals surface area contributed by atoms with Gasteiger partial charge in [-0.05, 0) is 5.56 Å². The van der Waals surface area contributed by atoms with E-state index in [0.717, 1.165) is 5.56 Å². The number of amides is 1. The summed E-state index contributed by atoms with van der Waals surface area (Å²) in [7, 11) is 0. The molecular formula is C19H25N2O+. The molecule has 2 rings (SSSR count). The van der Waals surface area contributed by atoms with Crippen molar-refractivity contribution in [2.75, 3.05) is 6.54 Å². The van der Waals surface area contributed by atoms with E-state index in [0.29, 0.717) is 25.0 Å². The standard InChI is InChI=1S/C19H24N2O/c1-15(2)19(17-11-7-4-8-12-17)21-14-18(22)20-13-16-9-5-3-6-10-16/h3-12,15,19,21H,13-14H2,1-2H3,(H,20,22)/p+1/t19-/m0/s1. The van der Waals surface area contributed by atoms with E-state index in [-0.39, 0.29) is 5.91 Å². The van der Waals surface area contributed by atoms with Crippen LogP contribution in [0.25, 0.3) is 0 Å². The Morgan fingerprint density at radius 1 is 1.00 bits per heavy atom. The monoisotopic (exact) mass is 297 g/mol. The van der Waals surface area contributed by atoms with Crippen LogP contribution < -0.4 is 10.6 Å². The summed E-state index contributed by atoms with van der Waals surface area (Å²) in [5.41, 5.74) is 2.40. The number of hydrogen-bond acceptors (Lipinski definition) is 1. The van der Waals surface area contributed by atoms with Crippen molar-refractivity contribution in [2.24, 2.45) is 5.92 Å². The average molecular weight is 297 g/mol. The number of benzene rings is 2. The lowest BCUT2D eigenvalue weighted by Gasteiger charge is -2.19. The van der Waals surface area contributed by atoms with Crippen molar-refractivity contribution in [3.8, 4) is 0 Å². The third-order valence-electron chi connectivity index (χ3n) is 3.79. The van der Waals surface area contributed by atoms with Crippen LogP contribution in [0.5, 0.6) is 0 Å². The maximum Gasteiger partial charge on any atom is 0.275 e. The van der Waals surface area contributed by atoms with Crippen LogP contribution in [0.15, 0.2) is 60.7 Å². The van der Waals surface area contributed by atoms with Gasteiger partial charge in [-0.15, -0.1) is 0 Å². The number of nitrogens with one attached hydrogen (secondary N) is 1. The average Bonchev–Trinajstić information content (AvgIpc) is 2.55. The predicted octanol–water partition coefficient (Wildman–Crippen LogP) is 2.26. The summed E-state index contributed by atoms with van der Waals surface area (Å²) >= 11 is 0. The third kappa shape index (κ3) is 5.01. The van der Waals surface area contributed by atoms with Gasteiger partial charge in [0.05, 0.1) is 0 Å². The molecule has 2 aromatic rings. The van der Waals surface area contributed by atoms with Crippen LogP contribution in [0.2, 0.25) is 0 Å². The van der Waals surface area contributed by atoms with Gasteiger partial charge in [-0.3, -0.25) is 4.79 Å². The Balaban J connectivity index is 1.83. The van der Waals surface area contributed by atoms with E-state index in [4.69, 9.17) is 0 Å². The zero-order valence-corrected chi connectivity index (χ0v) is 13.3. The molecular weight excluding hydrogens is 272 g/mol. The van der Waals surface area contributed by atoms with Gasteiger partial charge in [0.15, 0.2) is 6.54 Å². The van der Waals surface area contributed by atoms with Crippen LogP contribution in [0.1, 0.15) is 31.0 Å². The van der Waals surface area contributed by atoms with Crippen molar-refractivity contribution in [1.29, 1.82) is 0 Å². The molecule has 0 aliphatic heterocycles. The van der Waals surface area contributed by atoms with Crippen molar-refractivity contribution in [3.63, 3.8) is 0 Å². The Morgan fingerprint density at radius 3 is 2.18 bits per heavy atom. The number of carbonyl (C=O) groups excluding carboxylic acids is 1. The van der Waals surface area contributed by atoms with Gasteiger partial charge in [0.25, 0.3) is 5.91 Å². The summed E-state index contributed by atoms with van der Waals surface area (Å²) in [6.07, 6.45) is 0. The molecule has 0 heterocycles. The Labute approximate surface area is 132 Å². The molecule has 0 spiro atoms. The molecule has 0 bridgehead atoms. The van der Waals surface area contributed by atoms with E-state index < -0.39 is 0 Å². The molecule has 0 aromatic heterocycles. The van der Waals surface area contributed by atoms with E-state index >= 15 is 0 Å². The maximum absolute atomic E-state index is 12.0. The fourth-order valence-electron chi connectivity index (χ4n) is 2.57. The zero-order chi connectivity index (χ0) is 15.8. The van der Waals surface area contributed by atoms with Crippen LogP contribution in [-0.4, -0.2) is 12.5 Å². The molecule has 3 heteroatoms. The van der Waals surface area contributed by atoms with Gasteiger partial charge in [0, 0.05) is 18.0 Å². The molecule has 0 aliphatic rings. The van der Waals surface area contributed by atoms with Gasteiger partial charge in [0.1, 0.15) is 6.04 Å². The maximum atomic E-state index is 12.0. The highest BCUT2D eigenvalue weighted by Gasteiger charge is 2.19. The first-order valence-corrected chi connectivity index (χ1v) is 7.85. The van der Waals surface area contributed by atoms with Gasteiger partial charge in [0.2, 0.25) is 0 Å². The fourth-order valence-corrected chi connectivity index (χ4v) is 2.57. The van der Waals surface area contributed by atoms with Crippen LogP contribution in [0.4, 0.5) is 0 Å².